The van der Waals surface area contributed by atoms with Crippen molar-refractivity contribution in [2.24, 2.45) is 11.8 Å². The molecule has 3 unspecified atom stereocenters. The van der Waals surface area contributed by atoms with Crippen LogP contribution < -0.4 is 0 Å². The molecule has 2 saturated carbocycles. The quantitative estimate of drug-likeness (QED) is 0.787. The van der Waals surface area contributed by atoms with Crippen molar-refractivity contribution in [3.8, 4) is 0 Å². The topological polar surface area (TPSA) is 39.2 Å². The third-order valence-corrected chi connectivity index (χ3v) is 5.54. The Bertz CT molecular complexity index is 468. The highest BCUT2D eigenvalue weighted by Gasteiger charge is 2.42. The molecule has 18 heavy (non-hydrogen) atoms. The maximum Gasteiger partial charge on any atom is 0.350 e. The largest absolute Gasteiger partial charge is 0.458 e. The lowest BCUT2D eigenvalue weighted by atomic mass is 9.98. The van der Waals surface area contributed by atoms with Crippen molar-refractivity contribution in [2.75, 3.05) is 0 Å². The number of thiazole rings is 1. The summed E-state index contributed by atoms with van der Waals surface area (Å²) in [5, 5.41) is 1.02. The van der Waals surface area contributed by atoms with Crippen molar-refractivity contribution < 1.29 is 9.53 Å². The molecular weight excluding hydrogens is 246 g/mol. The first kappa shape index (κ1) is 12.2. The average molecular weight is 265 g/mol. The number of rotatable bonds is 3. The van der Waals surface area contributed by atoms with Crippen molar-refractivity contribution in [2.45, 2.75) is 52.1 Å². The Labute approximate surface area is 112 Å². The van der Waals surface area contributed by atoms with Crippen LogP contribution in [0.25, 0.3) is 0 Å². The average Bonchev–Trinajstić information content (AvgIpc) is 3.03. The van der Waals surface area contributed by atoms with Crippen LogP contribution in [0.15, 0.2) is 0 Å². The van der Waals surface area contributed by atoms with Crippen LogP contribution >= 0.6 is 11.3 Å². The molecule has 98 valence electrons. The summed E-state index contributed by atoms with van der Waals surface area (Å²) in [6.07, 6.45) is 5.97. The minimum absolute atomic E-state index is 0.151. The number of aryl methyl sites for hydroxylation is 2. The number of hydrogen-bond acceptors (Lipinski definition) is 4. The molecule has 0 saturated heterocycles. The molecule has 2 aliphatic carbocycles. The fourth-order valence-electron chi connectivity index (χ4n) is 3.31. The van der Waals surface area contributed by atoms with Gasteiger partial charge in [-0.25, -0.2) is 9.78 Å². The van der Waals surface area contributed by atoms with Gasteiger partial charge in [0.2, 0.25) is 0 Å². The number of aromatic nitrogens is 1. The minimum atomic E-state index is -0.151. The van der Waals surface area contributed by atoms with Gasteiger partial charge in [0.15, 0.2) is 0 Å². The highest BCUT2D eigenvalue weighted by Crippen LogP contribution is 2.46. The molecule has 0 amide bonds. The van der Waals surface area contributed by atoms with E-state index in [0.29, 0.717) is 10.8 Å². The Morgan fingerprint density at radius 2 is 2.28 bits per heavy atom. The van der Waals surface area contributed by atoms with Gasteiger partial charge in [0, 0.05) is 0 Å². The Hall–Kier alpha value is -0.900. The van der Waals surface area contributed by atoms with E-state index in [9.17, 15) is 4.79 Å². The molecule has 4 heteroatoms. The van der Waals surface area contributed by atoms with Crippen LogP contribution in [0, 0.1) is 18.8 Å². The van der Waals surface area contributed by atoms with Gasteiger partial charge in [-0.2, -0.15) is 0 Å². The zero-order valence-corrected chi connectivity index (χ0v) is 11.8. The van der Waals surface area contributed by atoms with Crippen LogP contribution in [0.3, 0.4) is 0 Å². The summed E-state index contributed by atoms with van der Waals surface area (Å²) < 4.78 is 5.70. The molecule has 2 aliphatic rings. The third kappa shape index (κ3) is 2.07. The molecule has 2 fully saturated rings. The van der Waals surface area contributed by atoms with E-state index < -0.39 is 0 Å². The van der Waals surface area contributed by atoms with Crippen LogP contribution in [-0.2, 0) is 11.2 Å². The fraction of sp³-hybridized carbons (Fsp3) is 0.714. The van der Waals surface area contributed by atoms with Gasteiger partial charge >= 0.3 is 5.97 Å². The second kappa shape index (κ2) is 4.65. The smallest absolute Gasteiger partial charge is 0.350 e. The monoisotopic (exact) mass is 265 g/mol. The lowest BCUT2D eigenvalue weighted by Crippen LogP contribution is -2.24. The van der Waals surface area contributed by atoms with E-state index in [1.807, 2.05) is 6.92 Å². The van der Waals surface area contributed by atoms with Gasteiger partial charge in [-0.05, 0) is 50.9 Å². The Morgan fingerprint density at radius 3 is 2.83 bits per heavy atom. The molecule has 3 rings (SSSR count). The summed E-state index contributed by atoms with van der Waals surface area (Å²) >= 11 is 1.49. The van der Waals surface area contributed by atoms with Crippen LogP contribution in [0.1, 0.15) is 53.0 Å². The zero-order valence-electron chi connectivity index (χ0n) is 10.9. The van der Waals surface area contributed by atoms with Gasteiger partial charge in [-0.1, -0.05) is 6.92 Å². The number of hydrogen-bond donors (Lipinski definition) is 0. The van der Waals surface area contributed by atoms with Gasteiger partial charge in [-0.3, -0.25) is 0 Å². The van der Waals surface area contributed by atoms with Gasteiger partial charge in [0.05, 0.1) is 10.7 Å². The van der Waals surface area contributed by atoms with Crippen molar-refractivity contribution in [1.82, 2.24) is 4.98 Å². The highest BCUT2D eigenvalue weighted by atomic mass is 32.1. The molecule has 1 heterocycles. The first-order chi connectivity index (χ1) is 8.67. The van der Waals surface area contributed by atoms with E-state index in [-0.39, 0.29) is 12.1 Å². The van der Waals surface area contributed by atoms with E-state index in [0.717, 1.165) is 29.5 Å². The van der Waals surface area contributed by atoms with Crippen LogP contribution in [0.4, 0.5) is 0 Å². The first-order valence-electron chi connectivity index (χ1n) is 6.84. The van der Waals surface area contributed by atoms with Gasteiger partial charge in [-0.15, -0.1) is 11.3 Å². The maximum absolute atomic E-state index is 12.2. The number of carbonyl (C=O) groups excluding carboxylic acids is 1. The Kier molecular flexibility index (Phi) is 3.14. The van der Waals surface area contributed by atoms with Crippen LogP contribution in [0.2, 0.25) is 0 Å². The maximum atomic E-state index is 12.2. The molecular formula is C14H19NO2S. The SMILES string of the molecule is CCc1nc(C)c(C(=O)OC2CC3CCC2C3)s1. The molecule has 3 nitrogen and oxygen atoms in total. The zero-order chi connectivity index (χ0) is 12.7. The highest BCUT2D eigenvalue weighted by molar-refractivity contribution is 7.13. The second-order valence-electron chi connectivity index (χ2n) is 5.49. The van der Waals surface area contributed by atoms with E-state index in [1.165, 1.54) is 30.6 Å². The molecule has 1 aromatic heterocycles. The minimum Gasteiger partial charge on any atom is -0.458 e. The Morgan fingerprint density at radius 1 is 1.44 bits per heavy atom. The predicted molar refractivity (Wildman–Crippen MR) is 70.9 cm³/mol. The summed E-state index contributed by atoms with van der Waals surface area (Å²) in [6, 6.07) is 0. The normalized spacial score (nSPS) is 29.8. The molecule has 3 atom stereocenters. The lowest BCUT2D eigenvalue weighted by molar-refractivity contribution is 0.0163. The molecule has 0 aromatic carbocycles. The van der Waals surface area contributed by atoms with E-state index in [4.69, 9.17) is 4.74 Å². The molecule has 0 spiro atoms. The number of fused-ring (bicyclic) bond motifs is 2. The summed E-state index contributed by atoms with van der Waals surface area (Å²) in [6.45, 7) is 3.95. The lowest BCUT2D eigenvalue weighted by Gasteiger charge is -2.21. The molecule has 0 aliphatic heterocycles. The van der Waals surface area contributed by atoms with E-state index in [1.54, 1.807) is 0 Å². The number of ether oxygens (including phenoxy) is 1. The summed E-state index contributed by atoms with van der Waals surface area (Å²) in [7, 11) is 0. The van der Waals surface area contributed by atoms with E-state index >= 15 is 0 Å². The van der Waals surface area contributed by atoms with Crippen molar-refractivity contribution in [1.29, 1.82) is 0 Å². The number of esters is 1. The van der Waals surface area contributed by atoms with Gasteiger partial charge < -0.3 is 4.74 Å². The van der Waals surface area contributed by atoms with Crippen molar-refractivity contribution in [3.63, 3.8) is 0 Å². The first-order valence-corrected chi connectivity index (χ1v) is 7.66. The molecule has 2 bridgehead atoms. The number of nitrogens with zero attached hydrogens (tertiary/aromatic N) is 1. The van der Waals surface area contributed by atoms with Gasteiger partial charge in [0.25, 0.3) is 0 Å². The second-order valence-corrected chi connectivity index (χ2v) is 6.58. The van der Waals surface area contributed by atoms with Crippen LogP contribution in [0.5, 0.6) is 0 Å². The molecule has 1 aromatic rings. The van der Waals surface area contributed by atoms with Crippen molar-refractivity contribution in [3.05, 3.63) is 15.6 Å². The third-order valence-electron chi connectivity index (χ3n) is 4.26. The number of carbonyl (C=O) groups is 1. The standard InChI is InChI=1S/C14H19NO2S/c1-3-12-15-8(2)13(18-12)14(16)17-11-7-9-4-5-10(11)6-9/h9-11H,3-7H2,1-2H3. The predicted octanol–water partition coefficient (Wildman–Crippen LogP) is 3.36. The van der Waals surface area contributed by atoms with Crippen molar-refractivity contribution >= 4 is 17.3 Å². The Balaban J connectivity index is 1.69. The van der Waals surface area contributed by atoms with Gasteiger partial charge in [0.1, 0.15) is 11.0 Å². The molecule has 0 N–H and O–H groups in total. The van der Waals surface area contributed by atoms with E-state index in [2.05, 4.69) is 11.9 Å². The summed E-state index contributed by atoms with van der Waals surface area (Å²) in [5.74, 6) is 1.28. The van der Waals surface area contributed by atoms with Crippen LogP contribution in [-0.4, -0.2) is 17.1 Å². The fourth-order valence-corrected chi connectivity index (χ4v) is 4.20. The summed E-state index contributed by atoms with van der Waals surface area (Å²) in [4.78, 5) is 17.3. The summed E-state index contributed by atoms with van der Waals surface area (Å²) in [5.41, 5.74) is 0.824. The molecule has 0 radical (unpaired) electrons.